The summed E-state index contributed by atoms with van der Waals surface area (Å²) in [7, 11) is 2.89. The molecule has 0 spiro atoms. The average molecular weight is 351 g/mol. The second-order valence-electron chi connectivity index (χ2n) is 5.68. The van der Waals surface area contributed by atoms with E-state index in [2.05, 4.69) is 5.32 Å². The smallest absolute Gasteiger partial charge is 0.416 e. The van der Waals surface area contributed by atoms with Crippen molar-refractivity contribution in [2.75, 3.05) is 19.5 Å². The zero-order chi connectivity index (χ0) is 18.2. The van der Waals surface area contributed by atoms with Crippen LogP contribution in [0.5, 0.6) is 11.5 Å². The number of alkyl halides is 3. The summed E-state index contributed by atoms with van der Waals surface area (Å²) in [5.74, 6) is -0.302. The number of anilines is 1. The molecule has 1 amide bonds. The number of carbonyl (C=O) groups is 1. The highest BCUT2D eigenvalue weighted by molar-refractivity contribution is 5.96. The Balaban J connectivity index is 2.23. The fraction of sp³-hybridized carbons (Fsp3) is 0.278. The van der Waals surface area contributed by atoms with Crippen molar-refractivity contribution in [2.45, 2.75) is 18.5 Å². The van der Waals surface area contributed by atoms with Crippen molar-refractivity contribution in [3.63, 3.8) is 0 Å². The lowest BCUT2D eigenvalue weighted by Crippen LogP contribution is -2.25. The topological polar surface area (TPSA) is 47.6 Å². The maximum atomic E-state index is 13.4. The van der Waals surface area contributed by atoms with Crippen LogP contribution in [0.4, 0.5) is 18.9 Å². The summed E-state index contributed by atoms with van der Waals surface area (Å²) < 4.78 is 50.8. The van der Waals surface area contributed by atoms with Gasteiger partial charge >= 0.3 is 6.18 Å². The van der Waals surface area contributed by atoms with Crippen LogP contribution in [0, 0.1) is 0 Å². The van der Waals surface area contributed by atoms with Gasteiger partial charge in [0.2, 0.25) is 5.91 Å². The molecule has 0 aliphatic carbocycles. The highest BCUT2D eigenvalue weighted by atomic mass is 19.4. The molecule has 0 unspecified atom stereocenters. The maximum Gasteiger partial charge on any atom is 0.416 e. The first kappa shape index (κ1) is 17.1. The van der Waals surface area contributed by atoms with Crippen LogP contribution in [0.3, 0.4) is 0 Å². The third kappa shape index (κ3) is 3.14. The van der Waals surface area contributed by atoms with Crippen LogP contribution in [0.1, 0.15) is 29.0 Å². The van der Waals surface area contributed by atoms with Crippen molar-refractivity contribution in [3.05, 3.63) is 53.1 Å². The molecular formula is C18H16F3NO3. The highest BCUT2D eigenvalue weighted by Crippen LogP contribution is 2.47. The van der Waals surface area contributed by atoms with E-state index in [1.807, 2.05) is 0 Å². The Hall–Kier alpha value is -2.70. The molecule has 0 saturated heterocycles. The number of hydrogen-bond donors (Lipinski definition) is 1. The predicted octanol–water partition coefficient (Wildman–Crippen LogP) is 4.20. The standard InChI is InChI=1S/C18H16F3NO3/c1-24-10-7-14-17(15(8-10)25-2)12(9-16(23)22-14)11-5-3-4-6-13(11)18(19,20)21/h3-8,12H,9H2,1-2H3,(H,22,23)/t12-/m1/s1. The predicted molar refractivity (Wildman–Crippen MR) is 86.1 cm³/mol. The van der Waals surface area contributed by atoms with E-state index in [0.29, 0.717) is 22.7 Å². The molecule has 0 bridgehead atoms. The molecule has 0 fully saturated rings. The molecule has 0 radical (unpaired) electrons. The zero-order valence-corrected chi connectivity index (χ0v) is 13.6. The van der Waals surface area contributed by atoms with Gasteiger partial charge in [-0.1, -0.05) is 18.2 Å². The quantitative estimate of drug-likeness (QED) is 0.902. The summed E-state index contributed by atoms with van der Waals surface area (Å²) in [6, 6.07) is 8.48. The van der Waals surface area contributed by atoms with Gasteiger partial charge in [-0.3, -0.25) is 4.79 Å². The van der Waals surface area contributed by atoms with Gasteiger partial charge in [0.1, 0.15) is 11.5 Å². The van der Waals surface area contributed by atoms with Crippen molar-refractivity contribution in [1.29, 1.82) is 0 Å². The number of fused-ring (bicyclic) bond motifs is 1. The van der Waals surface area contributed by atoms with Gasteiger partial charge in [0.25, 0.3) is 0 Å². The van der Waals surface area contributed by atoms with Gasteiger partial charge in [-0.05, 0) is 11.6 Å². The largest absolute Gasteiger partial charge is 0.497 e. The normalized spacial score (nSPS) is 16.8. The number of methoxy groups -OCH3 is 2. The summed E-state index contributed by atoms with van der Waals surface area (Å²) in [6.07, 6.45) is -4.60. The third-order valence-electron chi connectivity index (χ3n) is 4.22. The van der Waals surface area contributed by atoms with E-state index in [4.69, 9.17) is 9.47 Å². The molecular weight excluding hydrogens is 335 g/mol. The minimum absolute atomic E-state index is 0.0505. The van der Waals surface area contributed by atoms with Crippen LogP contribution in [-0.4, -0.2) is 20.1 Å². The molecule has 1 aliphatic rings. The number of nitrogens with one attached hydrogen (secondary N) is 1. The Bertz CT molecular complexity index is 818. The second-order valence-corrected chi connectivity index (χ2v) is 5.68. The minimum Gasteiger partial charge on any atom is -0.497 e. The zero-order valence-electron chi connectivity index (χ0n) is 13.6. The second kappa shape index (κ2) is 6.31. The first-order valence-corrected chi connectivity index (χ1v) is 7.57. The Labute approximate surface area is 142 Å². The van der Waals surface area contributed by atoms with Gasteiger partial charge in [0.15, 0.2) is 0 Å². The Morgan fingerprint density at radius 1 is 1.12 bits per heavy atom. The summed E-state index contributed by atoms with van der Waals surface area (Å²) in [6.45, 7) is 0. The molecule has 1 aliphatic heterocycles. The van der Waals surface area contributed by atoms with Gasteiger partial charge in [0, 0.05) is 30.0 Å². The molecule has 7 heteroatoms. The van der Waals surface area contributed by atoms with Crippen LogP contribution < -0.4 is 14.8 Å². The fourth-order valence-corrected chi connectivity index (χ4v) is 3.16. The lowest BCUT2D eigenvalue weighted by molar-refractivity contribution is -0.138. The highest BCUT2D eigenvalue weighted by Gasteiger charge is 2.38. The molecule has 3 rings (SSSR count). The molecule has 1 atom stereocenters. The minimum atomic E-state index is -4.51. The number of rotatable bonds is 3. The molecule has 1 N–H and O–H groups in total. The molecule has 1 heterocycles. The van der Waals surface area contributed by atoms with Gasteiger partial charge in [-0.2, -0.15) is 13.2 Å². The molecule has 132 valence electrons. The lowest BCUT2D eigenvalue weighted by Gasteiger charge is -2.29. The van der Waals surface area contributed by atoms with Crippen LogP contribution >= 0.6 is 0 Å². The van der Waals surface area contributed by atoms with Crippen LogP contribution in [0.25, 0.3) is 0 Å². The van der Waals surface area contributed by atoms with E-state index in [-0.39, 0.29) is 17.9 Å². The number of carbonyl (C=O) groups excluding carboxylic acids is 1. The van der Waals surface area contributed by atoms with E-state index < -0.39 is 17.7 Å². The van der Waals surface area contributed by atoms with Gasteiger partial charge < -0.3 is 14.8 Å². The Morgan fingerprint density at radius 2 is 1.84 bits per heavy atom. The van der Waals surface area contributed by atoms with Crippen LogP contribution in [0.2, 0.25) is 0 Å². The first-order valence-electron chi connectivity index (χ1n) is 7.57. The number of benzene rings is 2. The summed E-state index contributed by atoms with van der Waals surface area (Å²) in [5.41, 5.74) is 0.210. The number of amides is 1. The molecule has 4 nitrogen and oxygen atoms in total. The third-order valence-corrected chi connectivity index (χ3v) is 4.22. The van der Waals surface area contributed by atoms with E-state index in [1.54, 1.807) is 12.1 Å². The monoisotopic (exact) mass is 351 g/mol. The summed E-state index contributed by atoms with van der Waals surface area (Å²) in [5, 5.41) is 2.69. The summed E-state index contributed by atoms with van der Waals surface area (Å²) in [4.78, 5) is 12.1. The van der Waals surface area contributed by atoms with E-state index in [1.165, 1.54) is 32.4 Å². The van der Waals surface area contributed by atoms with E-state index >= 15 is 0 Å². The Kier molecular flexibility index (Phi) is 4.32. The molecule has 0 saturated carbocycles. The van der Waals surface area contributed by atoms with Gasteiger partial charge in [0.05, 0.1) is 25.5 Å². The molecule has 2 aromatic rings. The van der Waals surface area contributed by atoms with Crippen molar-refractivity contribution in [2.24, 2.45) is 0 Å². The maximum absolute atomic E-state index is 13.4. The first-order chi connectivity index (χ1) is 11.8. The molecule has 0 aromatic heterocycles. The molecule has 2 aromatic carbocycles. The Morgan fingerprint density at radius 3 is 2.48 bits per heavy atom. The van der Waals surface area contributed by atoms with Gasteiger partial charge in [-0.25, -0.2) is 0 Å². The van der Waals surface area contributed by atoms with Crippen molar-refractivity contribution >= 4 is 11.6 Å². The van der Waals surface area contributed by atoms with Crippen molar-refractivity contribution < 1.29 is 27.4 Å². The lowest BCUT2D eigenvalue weighted by atomic mass is 9.82. The average Bonchev–Trinajstić information content (AvgIpc) is 2.59. The van der Waals surface area contributed by atoms with Gasteiger partial charge in [-0.15, -0.1) is 0 Å². The SMILES string of the molecule is COc1cc2c(c(OC)c1)[C@@H](c1ccccc1C(F)(F)F)CC(=O)N2. The van der Waals surface area contributed by atoms with Crippen LogP contribution in [0.15, 0.2) is 36.4 Å². The number of ether oxygens (including phenoxy) is 2. The fourth-order valence-electron chi connectivity index (χ4n) is 3.16. The molecule has 25 heavy (non-hydrogen) atoms. The van der Waals surface area contributed by atoms with E-state index in [9.17, 15) is 18.0 Å². The van der Waals surface area contributed by atoms with Crippen LogP contribution in [-0.2, 0) is 11.0 Å². The summed E-state index contributed by atoms with van der Waals surface area (Å²) >= 11 is 0. The number of halogens is 3. The van der Waals surface area contributed by atoms with Crippen molar-refractivity contribution in [3.8, 4) is 11.5 Å². The van der Waals surface area contributed by atoms with Crippen molar-refractivity contribution in [1.82, 2.24) is 0 Å². The van der Waals surface area contributed by atoms with E-state index in [0.717, 1.165) is 6.07 Å². The number of hydrogen-bond acceptors (Lipinski definition) is 3.